The molecule has 37 heavy (non-hydrogen) atoms. The first-order valence-electron chi connectivity index (χ1n) is 12.7. The molecule has 0 spiro atoms. The lowest BCUT2D eigenvalue weighted by Crippen LogP contribution is -2.44. The lowest BCUT2D eigenvalue weighted by molar-refractivity contribution is 0.0373. The molecule has 1 aliphatic heterocycles. The Labute approximate surface area is 213 Å². The van der Waals surface area contributed by atoms with Gasteiger partial charge in [-0.25, -0.2) is 9.78 Å². The van der Waals surface area contributed by atoms with Gasteiger partial charge in [0.1, 0.15) is 17.4 Å². The van der Waals surface area contributed by atoms with Crippen LogP contribution in [0.5, 0.6) is 5.75 Å². The molecule has 11 nitrogen and oxygen atoms in total. The molecule has 2 aliphatic rings. The van der Waals surface area contributed by atoms with E-state index in [1.54, 1.807) is 18.1 Å². The maximum Gasteiger partial charge on any atom is 0.404 e. The van der Waals surface area contributed by atoms with Gasteiger partial charge in [0.05, 0.1) is 24.9 Å². The van der Waals surface area contributed by atoms with Gasteiger partial charge in [-0.05, 0) is 49.8 Å². The molecule has 1 saturated carbocycles. The number of methoxy groups -OCH3 is 1. The number of carbonyl (C=O) groups excluding carboxylic acids is 2. The molecule has 3 aromatic heterocycles. The van der Waals surface area contributed by atoms with Crippen molar-refractivity contribution in [3.63, 3.8) is 0 Å². The molecule has 6 rings (SSSR count). The molecule has 2 N–H and O–H groups in total. The molecule has 1 aromatic carbocycles. The number of ether oxygens (including phenoxy) is 2. The highest BCUT2D eigenvalue weighted by molar-refractivity contribution is 6.00. The predicted octanol–water partition coefficient (Wildman–Crippen LogP) is 3.05. The second-order valence-electron chi connectivity index (χ2n) is 10.2. The molecule has 0 unspecified atom stereocenters. The Balaban J connectivity index is 1.40. The zero-order chi connectivity index (χ0) is 25.8. The van der Waals surface area contributed by atoms with Crippen molar-refractivity contribution in [1.82, 2.24) is 28.8 Å². The number of nitrogens with two attached hydrogens (primary N) is 1. The Kier molecular flexibility index (Phi) is 5.58. The molecule has 11 heteroatoms. The Morgan fingerprint density at radius 1 is 1.16 bits per heavy atom. The molecular formula is C26H31N7O4. The smallest absolute Gasteiger partial charge is 0.404 e. The van der Waals surface area contributed by atoms with Crippen LogP contribution in [-0.2, 0) is 25.4 Å². The first-order chi connectivity index (χ1) is 17.8. The normalized spacial score (nSPS) is 18.0. The number of piperidine rings is 1. The van der Waals surface area contributed by atoms with E-state index in [-0.39, 0.29) is 5.91 Å². The van der Waals surface area contributed by atoms with Crippen LogP contribution in [0.3, 0.4) is 0 Å². The molecule has 4 aromatic rings. The maximum absolute atomic E-state index is 13.5. The first kappa shape index (κ1) is 23.4. The van der Waals surface area contributed by atoms with E-state index >= 15 is 0 Å². The highest BCUT2D eigenvalue weighted by Crippen LogP contribution is 2.37. The van der Waals surface area contributed by atoms with Crippen molar-refractivity contribution in [1.29, 1.82) is 0 Å². The summed E-state index contributed by atoms with van der Waals surface area (Å²) in [6, 6.07) is 5.71. The molecule has 2 fully saturated rings. The van der Waals surface area contributed by atoms with Gasteiger partial charge < -0.3 is 29.2 Å². The minimum absolute atomic E-state index is 0.155. The zero-order valence-electron chi connectivity index (χ0n) is 21.3. The van der Waals surface area contributed by atoms with Crippen LogP contribution in [0, 0.1) is 5.92 Å². The number of benzene rings is 1. The standard InChI is InChI=1S/C26H31N7O4/c1-30-13-17-10-20(33(23(17)29-30)12-15-6-7-15)24-28-19-9-16(11-21(36-3)22(19)31(24)2)25(34)32-8-4-5-18(14-32)37-26(27)35/h9-11,13,15,18H,4-8,12,14H2,1-3H3,(H2,27,35)/t18-/m1/s1. The van der Waals surface area contributed by atoms with E-state index < -0.39 is 12.2 Å². The average Bonchev–Trinajstić information content (AvgIpc) is 3.42. The number of aromatic nitrogens is 5. The molecule has 194 valence electrons. The third kappa shape index (κ3) is 4.17. The summed E-state index contributed by atoms with van der Waals surface area (Å²) in [6.07, 6.45) is 4.68. The summed E-state index contributed by atoms with van der Waals surface area (Å²) in [6.45, 7) is 1.80. The Morgan fingerprint density at radius 3 is 2.70 bits per heavy atom. The van der Waals surface area contributed by atoms with Gasteiger partial charge in [0, 0.05) is 44.3 Å². The summed E-state index contributed by atoms with van der Waals surface area (Å²) in [5.41, 5.74) is 9.12. The van der Waals surface area contributed by atoms with Crippen LogP contribution in [0.15, 0.2) is 24.4 Å². The summed E-state index contributed by atoms with van der Waals surface area (Å²) in [7, 11) is 5.50. The number of likely N-dealkylation sites (tertiary alicyclic amines) is 1. The van der Waals surface area contributed by atoms with Crippen LogP contribution >= 0.6 is 0 Å². The van der Waals surface area contributed by atoms with E-state index in [0.29, 0.717) is 42.3 Å². The minimum Gasteiger partial charge on any atom is -0.494 e. The monoisotopic (exact) mass is 505 g/mol. The van der Waals surface area contributed by atoms with Gasteiger partial charge in [0.2, 0.25) is 0 Å². The van der Waals surface area contributed by atoms with E-state index in [2.05, 4.69) is 10.6 Å². The molecule has 1 atom stereocenters. The molecule has 2 amide bonds. The van der Waals surface area contributed by atoms with E-state index in [0.717, 1.165) is 41.0 Å². The van der Waals surface area contributed by atoms with Crippen LogP contribution in [-0.4, -0.2) is 67.1 Å². The number of rotatable bonds is 6. The van der Waals surface area contributed by atoms with Crippen LogP contribution in [0.4, 0.5) is 4.79 Å². The topological polar surface area (TPSA) is 122 Å². The number of hydrogen-bond acceptors (Lipinski definition) is 6. The van der Waals surface area contributed by atoms with Crippen molar-refractivity contribution in [2.24, 2.45) is 25.7 Å². The summed E-state index contributed by atoms with van der Waals surface area (Å²) in [5, 5.41) is 5.77. The summed E-state index contributed by atoms with van der Waals surface area (Å²) in [4.78, 5) is 31.3. The van der Waals surface area contributed by atoms with Crippen molar-refractivity contribution in [2.75, 3.05) is 20.2 Å². The summed E-state index contributed by atoms with van der Waals surface area (Å²) >= 11 is 0. The van der Waals surface area contributed by atoms with Crippen molar-refractivity contribution >= 4 is 34.1 Å². The maximum atomic E-state index is 13.5. The van der Waals surface area contributed by atoms with Crippen LogP contribution < -0.4 is 10.5 Å². The number of nitrogens with zero attached hydrogens (tertiary/aromatic N) is 6. The Morgan fingerprint density at radius 2 is 1.97 bits per heavy atom. The van der Waals surface area contributed by atoms with Crippen LogP contribution in [0.1, 0.15) is 36.0 Å². The van der Waals surface area contributed by atoms with Crippen molar-refractivity contribution in [2.45, 2.75) is 38.3 Å². The van der Waals surface area contributed by atoms with E-state index in [1.165, 1.54) is 12.8 Å². The lowest BCUT2D eigenvalue weighted by Gasteiger charge is -2.32. The van der Waals surface area contributed by atoms with E-state index in [9.17, 15) is 9.59 Å². The molecule has 1 saturated heterocycles. The quantitative estimate of drug-likeness (QED) is 0.430. The summed E-state index contributed by atoms with van der Waals surface area (Å²) in [5.74, 6) is 1.88. The van der Waals surface area contributed by atoms with Gasteiger partial charge in [-0.2, -0.15) is 5.10 Å². The third-order valence-electron chi connectivity index (χ3n) is 7.39. The van der Waals surface area contributed by atoms with Gasteiger partial charge >= 0.3 is 6.09 Å². The first-order valence-corrected chi connectivity index (χ1v) is 12.7. The molecule has 1 aliphatic carbocycles. The Bertz CT molecular complexity index is 1530. The highest BCUT2D eigenvalue weighted by atomic mass is 16.6. The largest absolute Gasteiger partial charge is 0.494 e. The molecule has 0 bridgehead atoms. The SMILES string of the molecule is COc1cc(C(=O)N2CCC[C@@H](OC(N)=O)C2)cc2nc(-c3cc4cn(C)nc4n3CC3CC3)n(C)c12. The fraction of sp³-hybridized carbons (Fsp3) is 0.462. The minimum atomic E-state index is -0.821. The fourth-order valence-corrected chi connectivity index (χ4v) is 5.46. The number of fused-ring (bicyclic) bond motifs is 2. The van der Waals surface area contributed by atoms with Gasteiger partial charge in [-0.3, -0.25) is 9.48 Å². The second-order valence-corrected chi connectivity index (χ2v) is 10.2. The Hall–Kier alpha value is -4.02. The van der Waals surface area contributed by atoms with Crippen LogP contribution in [0.25, 0.3) is 33.6 Å². The lowest BCUT2D eigenvalue weighted by atomic mass is 10.1. The number of carbonyl (C=O) groups is 2. The molecular weight excluding hydrogens is 474 g/mol. The summed E-state index contributed by atoms with van der Waals surface area (Å²) < 4.78 is 17.0. The van der Waals surface area contributed by atoms with Crippen LogP contribution in [0.2, 0.25) is 0 Å². The number of imidazole rings is 1. The van der Waals surface area contributed by atoms with Gasteiger partial charge in [-0.1, -0.05) is 0 Å². The van der Waals surface area contributed by atoms with E-state index in [4.69, 9.17) is 25.3 Å². The predicted molar refractivity (Wildman–Crippen MR) is 137 cm³/mol. The van der Waals surface area contributed by atoms with Crippen molar-refractivity contribution < 1.29 is 19.1 Å². The number of hydrogen-bond donors (Lipinski definition) is 1. The van der Waals surface area contributed by atoms with Crippen molar-refractivity contribution in [3.05, 3.63) is 30.0 Å². The van der Waals surface area contributed by atoms with Gasteiger partial charge in [0.25, 0.3) is 5.91 Å². The van der Waals surface area contributed by atoms with Gasteiger partial charge in [0.15, 0.2) is 11.5 Å². The second kappa shape index (κ2) is 8.82. The number of primary amides is 1. The highest BCUT2D eigenvalue weighted by Gasteiger charge is 2.29. The van der Waals surface area contributed by atoms with E-state index in [1.807, 2.05) is 35.6 Å². The molecule has 4 heterocycles. The molecule has 0 radical (unpaired) electrons. The number of aryl methyl sites for hydroxylation is 2. The third-order valence-corrected chi connectivity index (χ3v) is 7.39. The average molecular weight is 506 g/mol. The zero-order valence-corrected chi connectivity index (χ0v) is 21.3. The fourth-order valence-electron chi connectivity index (χ4n) is 5.46. The van der Waals surface area contributed by atoms with Crippen molar-refractivity contribution in [3.8, 4) is 17.3 Å². The number of amides is 2. The van der Waals surface area contributed by atoms with Gasteiger partial charge in [-0.15, -0.1) is 0 Å².